The Labute approximate surface area is 99.8 Å². The molecular formula is C9H14ClN6-. The number of nitrogens with zero attached hydrogens (tertiary/aromatic N) is 5. The lowest BCUT2D eigenvalue weighted by Crippen LogP contribution is -3.00. The van der Waals surface area contributed by atoms with E-state index in [-0.39, 0.29) is 12.4 Å². The maximum absolute atomic E-state index is 5.85. The second kappa shape index (κ2) is 4.52. The Hall–Kier alpha value is -1.56. The van der Waals surface area contributed by atoms with Gasteiger partial charge in [-0.05, 0) is 19.9 Å². The Kier molecular flexibility index (Phi) is 3.54. The smallest absolute Gasteiger partial charge is 0.270 e. The van der Waals surface area contributed by atoms with Gasteiger partial charge < -0.3 is 18.2 Å². The average molecular weight is 242 g/mol. The van der Waals surface area contributed by atoms with Crippen LogP contribution in [0.3, 0.4) is 0 Å². The first-order chi connectivity index (χ1) is 7.13. The Balaban J connectivity index is 0.00000128. The maximum Gasteiger partial charge on any atom is 0.270 e. The van der Waals surface area contributed by atoms with E-state index < -0.39 is 0 Å². The molecule has 0 fully saturated rings. The zero-order valence-corrected chi connectivity index (χ0v) is 10.2. The van der Waals surface area contributed by atoms with Gasteiger partial charge in [-0.3, -0.25) is 0 Å². The van der Waals surface area contributed by atoms with Gasteiger partial charge in [0.05, 0.1) is 5.69 Å². The molecule has 2 rings (SSSR count). The number of nitrogens with two attached hydrogens (primary N) is 1. The van der Waals surface area contributed by atoms with E-state index in [0.717, 1.165) is 23.6 Å². The van der Waals surface area contributed by atoms with E-state index in [4.69, 9.17) is 5.84 Å². The number of aromatic nitrogens is 5. The predicted molar refractivity (Wildman–Crippen MR) is 56.1 cm³/mol. The van der Waals surface area contributed by atoms with Crippen LogP contribution < -0.4 is 18.2 Å². The van der Waals surface area contributed by atoms with Crippen molar-refractivity contribution in [2.24, 2.45) is 0 Å². The molecule has 0 saturated heterocycles. The molecule has 2 heterocycles. The van der Waals surface area contributed by atoms with Crippen molar-refractivity contribution in [3.05, 3.63) is 23.3 Å². The van der Waals surface area contributed by atoms with Gasteiger partial charge in [0, 0.05) is 12.1 Å². The van der Waals surface area contributed by atoms with Crippen molar-refractivity contribution in [1.82, 2.24) is 24.7 Å². The second-order valence-electron chi connectivity index (χ2n) is 3.48. The Bertz CT molecular complexity index is 486. The lowest BCUT2D eigenvalue weighted by Gasteiger charge is -2.03. The Morgan fingerprint density at radius 3 is 2.44 bits per heavy atom. The van der Waals surface area contributed by atoms with Gasteiger partial charge in [0.25, 0.3) is 5.95 Å². The van der Waals surface area contributed by atoms with Gasteiger partial charge in [-0.15, -0.1) is 10.2 Å². The van der Waals surface area contributed by atoms with Crippen LogP contribution in [0.1, 0.15) is 24.1 Å². The van der Waals surface area contributed by atoms with Crippen LogP contribution in [0, 0.1) is 13.8 Å². The number of hydrogen-bond donors (Lipinski definition) is 1. The molecule has 0 aliphatic rings. The zero-order valence-electron chi connectivity index (χ0n) is 9.48. The summed E-state index contributed by atoms with van der Waals surface area (Å²) in [4.78, 5) is 0. The maximum atomic E-state index is 5.85. The van der Waals surface area contributed by atoms with Crippen LogP contribution in [0.4, 0.5) is 0 Å². The van der Waals surface area contributed by atoms with Crippen molar-refractivity contribution in [2.45, 2.75) is 27.2 Å². The number of rotatable bonds is 2. The van der Waals surface area contributed by atoms with E-state index in [2.05, 4.69) is 15.3 Å². The van der Waals surface area contributed by atoms with Crippen LogP contribution in [0.15, 0.2) is 6.07 Å². The Morgan fingerprint density at radius 1 is 1.31 bits per heavy atom. The van der Waals surface area contributed by atoms with Gasteiger partial charge in [0.2, 0.25) is 0 Å². The minimum Gasteiger partial charge on any atom is -1.00 e. The van der Waals surface area contributed by atoms with Crippen molar-refractivity contribution in [3.63, 3.8) is 0 Å². The second-order valence-corrected chi connectivity index (χ2v) is 3.48. The van der Waals surface area contributed by atoms with Crippen LogP contribution in [-0.2, 0) is 6.42 Å². The third kappa shape index (κ3) is 1.88. The molecule has 0 atom stereocenters. The SMILES string of the molecule is CCc1nnc(-n2nc(C)cc2C)n1N.[Cl-]. The fourth-order valence-electron chi connectivity index (χ4n) is 1.53. The normalized spacial score (nSPS) is 10.2. The molecule has 0 bridgehead atoms. The number of halogens is 1. The molecule has 7 heteroatoms. The first-order valence-corrected chi connectivity index (χ1v) is 4.86. The summed E-state index contributed by atoms with van der Waals surface area (Å²) in [6.45, 7) is 5.88. The molecule has 6 nitrogen and oxygen atoms in total. The minimum absolute atomic E-state index is 0. The molecule has 0 unspecified atom stereocenters. The zero-order chi connectivity index (χ0) is 11.0. The molecule has 0 aliphatic heterocycles. The average Bonchev–Trinajstić information content (AvgIpc) is 2.69. The van der Waals surface area contributed by atoms with Gasteiger partial charge in [-0.25, -0.2) is 9.36 Å². The van der Waals surface area contributed by atoms with Crippen LogP contribution in [0.5, 0.6) is 0 Å². The number of hydrogen-bond acceptors (Lipinski definition) is 4. The van der Waals surface area contributed by atoms with E-state index in [1.807, 2.05) is 26.8 Å². The molecular weight excluding hydrogens is 228 g/mol. The van der Waals surface area contributed by atoms with Crippen LogP contribution in [0.2, 0.25) is 0 Å². The molecule has 0 aliphatic carbocycles. The summed E-state index contributed by atoms with van der Waals surface area (Å²) in [6.07, 6.45) is 0.753. The highest BCUT2D eigenvalue weighted by Gasteiger charge is 2.12. The summed E-state index contributed by atoms with van der Waals surface area (Å²) >= 11 is 0. The highest BCUT2D eigenvalue weighted by Crippen LogP contribution is 2.09. The Morgan fingerprint density at radius 2 is 2.00 bits per heavy atom. The third-order valence-electron chi connectivity index (χ3n) is 2.26. The molecule has 2 N–H and O–H groups in total. The summed E-state index contributed by atoms with van der Waals surface area (Å²) in [5.74, 6) is 7.16. The molecule has 0 spiro atoms. The molecule has 0 saturated carbocycles. The van der Waals surface area contributed by atoms with Crippen molar-refractivity contribution in [2.75, 3.05) is 5.84 Å². The molecule has 88 valence electrons. The van der Waals surface area contributed by atoms with E-state index >= 15 is 0 Å². The number of nitrogen functional groups attached to an aromatic ring is 1. The standard InChI is InChI=1S/C9H14N6.ClH/c1-4-8-11-12-9(14(8)10)15-7(3)5-6(2)13-15;/h5H,4,10H2,1-3H3;1H/p-1. The topological polar surface area (TPSA) is 74.5 Å². The molecule has 2 aromatic heterocycles. The van der Waals surface area contributed by atoms with Gasteiger partial charge in [0.15, 0.2) is 5.82 Å². The predicted octanol–water partition coefficient (Wildman–Crippen LogP) is -2.64. The van der Waals surface area contributed by atoms with Gasteiger partial charge in [-0.2, -0.15) is 5.10 Å². The minimum atomic E-state index is 0. The third-order valence-corrected chi connectivity index (χ3v) is 2.26. The van der Waals surface area contributed by atoms with Crippen molar-refractivity contribution < 1.29 is 12.4 Å². The first-order valence-electron chi connectivity index (χ1n) is 4.86. The molecule has 0 aromatic carbocycles. The van der Waals surface area contributed by atoms with Crippen molar-refractivity contribution >= 4 is 0 Å². The lowest BCUT2D eigenvalue weighted by molar-refractivity contribution is -0.00000360. The van der Waals surface area contributed by atoms with Crippen LogP contribution in [0.25, 0.3) is 5.95 Å². The van der Waals surface area contributed by atoms with E-state index in [1.54, 1.807) is 4.68 Å². The van der Waals surface area contributed by atoms with Gasteiger partial charge >= 0.3 is 0 Å². The number of aryl methyl sites for hydroxylation is 3. The summed E-state index contributed by atoms with van der Waals surface area (Å²) in [6, 6.07) is 1.97. The summed E-state index contributed by atoms with van der Waals surface area (Å²) in [5, 5.41) is 12.3. The van der Waals surface area contributed by atoms with Crippen LogP contribution in [-0.4, -0.2) is 24.7 Å². The van der Waals surface area contributed by atoms with Gasteiger partial charge in [0.1, 0.15) is 0 Å². The largest absolute Gasteiger partial charge is 1.00 e. The molecule has 16 heavy (non-hydrogen) atoms. The van der Waals surface area contributed by atoms with E-state index in [9.17, 15) is 0 Å². The highest BCUT2D eigenvalue weighted by molar-refractivity contribution is 5.19. The van der Waals surface area contributed by atoms with Crippen molar-refractivity contribution in [1.29, 1.82) is 0 Å². The quantitative estimate of drug-likeness (QED) is 0.584. The molecule has 0 radical (unpaired) electrons. The van der Waals surface area contributed by atoms with E-state index in [0.29, 0.717) is 5.95 Å². The molecule has 0 amide bonds. The summed E-state index contributed by atoms with van der Waals surface area (Å²) in [5.41, 5.74) is 1.93. The van der Waals surface area contributed by atoms with Crippen molar-refractivity contribution in [3.8, 4) is 5.95 Å². The summed E-state index contributed by atoms with van der Waals surface area (Å²) < 4.78 is 3.17. The fourth-order valence-corrected chi connectivity index (χ4v) is 1.53. The van der Waals surface area contributed by atoms with Gasteiger partial charge in [-0.1, -0.05) is 6.92 Å². The van der Waals surface area contributed by atoms with Crippen LogP contribution >= 0.6 is 0 Å². The lowest BCUT2D eigenvalue weighted by atomic mass is 10.4. The molecule has 2 aromatic rings. The first kappa shape index (κ1) is 12.5. The summed E-state index contributed by atoms with van der Waals surface area (Å²) in [7, 11) is 0. The van der Waals surface area contributed by atoms with E-state index in [1.165, 1.54) is 4.68 Å². The monoisotopic (exact) mass is 241 g/mol. The highest BCUT2D eigenvalue weighted by atomic mass is 35.5. The fraction of sp³-hybridized carbons (Fsp3) is 0.444.